The summed E-state index contributed by atoms with van der Waals surface area (Å²) in [5.41, 5.74) is 0. The van der Waals surface area contributed by atoms with E-state index < -0.39 is 5.97 Å². The number of ether oxygens (including phenoxy) is 11. The fraction of sp³-hybridized carbons (Fsp3) is 0.931. The SMILES string of the molecule is CCCCCCC(=O)OCCOCCOCCOCCOCCOCCOCCOCCOCCOCCOCC(=O)O. The molecule has 0 saturated carbocycles. The monoisotopic (exact) mass is 628 g/mol. The predicted octanol–water partition coefficient (Wildman–Crippen LogP) is 1.75. The van der Waals surface area contributed by atoms with Crippen molar-refractivity contribution in [3.05, 3.63) is 0 Å². The van der Waals surface area contributed by atoms with Gasteiger partial charge in [0, 0.05) is 6.42 Å². The first-order valence-corrected chi connectivity index (χ1v) is 15.3. The Labute approximate surface area is 256 Å². The molecule has 0 bridgehead atoms. The molecule has 0 saturated heterocycles. The summed E-state index contributed by atoms with van der Waals surface area (Å²) in [4.78, 5) is 21.8. The van der Waals surface area contributed by atoms with Crippen LogP contribution in [0.4, 0.5) is 0 Å². The van der Waals surface area contributed by atoms with Gasteiger partial charge in [-0.15, -0.1) is 0 Å². The van der Waals surface area contributed by atoms with Crippen LogP contribution < -0.4 is 0 Å². The van der Waals surface area contributed by atoms with Crippen molar-refractivity contribution in [1.82, 2.24) is 0 Å². The Balaban J connectivity index is 3.08. The maximum Gasteiger partial charge on any atom is 0.329 e. The van der Waals surface area contributed by atoms with Gasteiger partial charge in [-0.05, 0) is 6.42 Å². The topological polar surface area (TPSA) is 156 Å². The Bertz CT molecular complexity index is 581. The molecule has 0 aliphatic heterocycles. The van der Waals surface area contributed by atoms with Gasteiger partial charge in [-0.3, -0.25) is 4.79 Å². The number of aliphatic carboxylic acids is 1. The Morgan fingerprint density at radius 3 is 1.02 bits per heavy atom. The first kappa shape index (κ1) is 41.5. The highest BCUT2D eigenvalue weighted by atomic mass is 16.6. The van der Waals surface area contributed by atoms with Crippen LogP contribution >= 0.6 is 0 Å². The molecule has 0 fully saturated rings. The van der Waals surface area contributed by atoms with Gasteiger partial charge in [0.2, 0.25) is 0 Å². The van der Waals surface area contributed by atoms with Gasteiger partial charge in [-0.2, -0.15) is 0 Å². The minimum atomic E-state index is -0.998. The molecule has 0 rings (SSSR count). The number of carbonyl (C=O) groups is 2. The molecule has 0 aliphatic rings. The van der Waals surface area contributed by atoms with Crippen LogP contribution in [-0.4, -0.2) is 156 Å². The molecule has 0 aliphatic carbocycles. The first-order chi connectivity index (χ1) is 21.2. The minimum absolute atomic E-state index is 0.158. The zero-order valence-corrected chi connectivity index (χ0v) is 26.1. The second kappa shape index (κ2) is 36.7. The third-order valence-electron chi connectivity index (χ3n) is 5.30. The molecule has 0 unspecified atom stereocenters. The van der Waals surface area contributed by atoms with Crippen LogP contribution in [0.15, 0.2) is 0 Å². The smallest absolute Gasteiger partial charge is 0.329 e. The number of hydrogen-bond donors (Lipinski definition) is 1. The summed E-state index contributed by atoms with van der Waals surface area (Å²) in [5, 5.41) is 8.42. The molecule has 0 aromatic heterocycles. The van der Waals surface area contributed by atoms with Gasteiger partial charge in [0.1, 0.15) is 13.2 Å². The molecule has 256 valence electrons. The Morgan fingerprint density at radius 2 is 0.721 bits per heavy atom. The molecule has 0 aromatic rings. The number of esters is 1. The van der Waals surface area contributed by atoms with Crippen molar-refractivity contribution in [2.75, 3.05) is 139 Å². The fourth-order valence-corrected chi connectivity index (χ4v) is 3.12. The summed E-state index contributed by atoms with van der Waals surface area (Å²) in [6.07, 6.45) is 4.74. The van der Waals surface area contributed by atoms with Crippen LogP contribution in [-0.2, 0) is 61.7 Å². The van der Waals surface area contributed by atoms with Crippen LogP contribution in [0.2, 0.25) is 0 Å². The van der Waals surface area contributed by atoms with Gasteiger partial charge < -0.3 is 57.2 Å². The Kier molecular flexibility index (Phi) is 35.5. The van der Waals surface area contributed by atoms with Crippen LogP contribution in [0, 0.1) is 0 Å². The maximum atomic E-state index is 11.5. The standard InChI is InChI=1S/C29H56O14/c1-2-3-4-5-6-29(32)43-26-25-41-22-21-39-18-17-37-14-13-35-10-9-33-7-8-34-11-12-36-15-16-38-19-20-40-23-24-42-27-28(30)31/h2-27H2,1H3,(H,30,31). The number of carbonyl (C=O) groups excluding carboxylic acids is 1. The van der Waals surface area contributed by atoms with Crippen LogP contribution in [0.25, 0.3) is 0 Å². The van der Waals surface area contributed by atoms with E-state index in [0.717, 1.165) is 25.7 Å². The maximum absolute atomic E-state index is 11.5. The van der Waals surface area contributed by atoms with E-state index >= 15 is 0 Å². The molecular weight excluding hydrogens is 572 g/mol. The number of hydrogen-bond acceptors (Lipinski definition) is 13. The van der Waals surface area contributed by atoms with Crippen molar-refractivity contribution in [2.45, 2.75) is 39.0 Å². The van der Waals surface area contributed by atoms with Crippen molar-refractivity contribution >= 4 is 11.9 Å². The van der Waals surface area contributed by atoms with E-state index in [2.05, 4.69) is 6.92 Å². The molecule has 43 heavy (non-hydrogen) atoms. The third-order valence-corrected chi connectivity index (χ3v) is 5.30. The van der Waals surface area contributed by atoms with Gasteiger partial charge >= 0.3 is 11.9 Å². The second-order valence-corrected chi connectivity index (χ2v) is 8.99. The highest BCUT2D eigenvalue weighted by molar-refractivity contribution is 5.69. The highest BCUT2D eigenvalue weighted by Gasteiger charge is 2.02. The van der Waals surface area contributed by atoms with Gasteiger partial charge in [-0.25, -0.2) is 4.79 Å². The lowest BCUT2D eigenvalue weighted by molar-refractivity contribution is -0.145. The third kappa shape index (κ3) is 38.5. The van der Waals surface area contributed by atoms with Gasteiger partial charge in [0.05, 0.1) is 126 Å². The van der Waals surface area contributed by atoms with Crippen LogP contribution in [0.5, 0.6) is 0 Å². The lowest BCUT2D eigenvalue weighted by Gasteiger charge is -2.09. The van der Waals surface area contributed by atoms with E-state index in [0.29, 0.717) is 125 Å². The highest BCUT2D eigenvalue weighted by Crippen LogP contribution is 2.03. The van der Waals surface area contributed by atoms with Crippen molar-refractivity contribution < 1.29 is 66.8 Å². The second-order valence-electron chi connectivity index (χ2n) is 8.99. The van der Waals surface area contributed by atoms with E-state index in [1.807, 2.05) is 0 Å². The average Bonchev–Trinajstić information content (AvgIpc) is 2.99. The Hall–Kier alpha value is -1.46. The largest absolute Gasteiger partial charge is 0.480 e. The van der Waals surface area contributed by atoms with Crippen molar-refractivity contribution in [3.63, 3.8) is 0 Å². The number of unbranched alkanes of at least 4 members (excludes halogenated alkanes) is 3. The van der Waals surface area contributed by atoms with E-state index in [4.69, 9.17) is 57.2 Å². The summed E-state index contributed by atoms with van der Waals surface area (Å²) >= 11 is 0. The zero-order chi connectivity index (χ0) is 31.3. The number of rotatable bonds is 37. The van der Waals surface area contributed by atoms with E-state index in [1.165, 1.54) is 0 Å². The molecule has 0 atom stereocenters. The molecular formula is C29H56O14. The molecule has 14 nitrogen and oxygen atoms in total. The van der Waals surface area contributed by atoms with Gasteiger partial charge in [0.25, 0.3) is 0 Å². The van der Waals surface area contributed by atoms with Crippen molar-refractivity contribution in [1.29, 1.82) is 0 Å². The predicted molar refractivity (Wildman–Crippen MR) is 156 cm³/mol. The summed E-state index contributed by atoms with van der Waals surface area (Å²) in [7, 11) is 0. The lowest BCUT2D eigenvalue weighted by atomic mass is 10.2. The summed E-state index contributed by atoms with van der Waals surface area (Å²) in [6.45, 7) is 10.5. The fourth-order valence-electron chi connectivity index (χ4n) is 3.12. The minimum Gasteiger partial charge on any atom is -0.480 e. The average molecular weight is 629 g/mol. The lowest BCUT2D eigenvalue weighted by Crippen LogP contribution is -2.16. The molecule has 0 radical (unpaired) electrons. The van der Waals surface area contributed by atoms with Crippen molar-refractivity contribution in [3.8, 4) is 0 Å². The van der Waals surface area contributed by atoms with Crippen LogP contribution in [0.1, 0.15) is 39.0 Å². The normalized spacial score (nSPS) is 11.3. The van der Waals surface area contributed by atoms with E-state index in [9.17, 15) is 9.59 Å². The molecule has 0 heterocycles. The molecule has 1 N–H and O–H groups in total. The van der Waals surface area contributed by atoms with Crippen LogP contribution in [0.3, 0.4) is 0 Å². The van der Waals surface area contributed by atoms with E-state index in [-0.39, 0.29) is 25.8 Å². The number of carboxylic acids is 1. The molecule has 14 heteroatoms. The molecule has 0 spiro atoms. The Morgan fingerprint density at radius 1 is 0.419 bits per heavy atom. The van der Waals surface area contributed by atoms with Crippen molar-refractivity contribution in [2.24, 2.45) is 0 Å². The zero-order valence-electron chi connectivity index (χ0n) is 26.1. The summed E-state index contributed by atoms with van der Waals surface area (Å²) < 4.78 is 58.5. The van der Waals surface area contributed by atoms with E-state index in [1.54, 1.807) is 0 Å². The molecule has 0 aromatic carbocycles. The first-order valence-electron chi connectivity index (χ1n) is 15.3. The van der Waals surface area contributed by atoms with Gasteiger partial charge in [0.15, 0.2) is 0 Å². The number of carboxylic acid groups (broad SMARTS) is 1. The quantitative estimate of drug-likeness (QED) is 0.0784. The summed E-state index contributed by atoms with van der Waals surface area (Å²) in [5.74, 6) is -1.16. The van der Waals surface area contributed by atoms with Gasteiger partial charge in [-0.1, -0.05) is 26.2 Å². The molecule has 0 amide bonds. The summed E-state index contributed by atoms with van der Waals surface area (Å²) in [6, 6.07) is 0.